The summed E-state index contributed by atoms with van der Waals surface area (Å²) in [5.74, 6) is 4.21. The maximum Gasteiger partial charge on any atom is 0.165 e. The number of allylic oxidation sites excluding steroid dienone is 1. The fourth-order valence-electron chi connectivity index (χ4n) is 6.63. The van der Waals surface area contributed by atoms with Gasteiger partial charge in [-0.15, -0.1) is 0 Å². The van der Waals surface area contributed by atoms with Crippen LogP contribution in [-0.2, 0) is 11.2 Å². The van der Waals surface area contributed by atoms with Gasteiger partial charge in [0.25, 0.3) is 0 Å². The Bertz CT molecular complexity index is 1080. The van der Waals surface area contributed by atoms with Crippen LogP contribution in [0.25, 0.3) is 6.08 Å². The average Bonchev–Trinajstić information content (AvgIpc) is 3.08. The van der Waals surface area contributed by atoms with E-state index in [1.807, 2.05) is 18.2 Å². The first kappa shape index (κ1) is 21.1. The van der Waals surface area contributed by atoms with Crippen LogP contribution in [0.2, 0.25) is 0 Å². The van der Waals surface area contributed by atoms with Crippen molar-refractivity contribution in [1.29, 1.82) is 0 Å². The number of aryl methyl sites for hydroxylation is 1. The van der Waals surface area contributed by atoms with Crippen molar-refractivity contribution in [3.05, 3.63) is 58.7 Å². The number of carbonyl (C=O) groups excluding carboxylic acids is 1. The molecule has 0 aliphatic heterocycles. The third kappa shape index (κ3) is 3.23. The lowest BCUT2D eigenvalue weighted by Gasteiger charge is -2.48. The average molecular weight is 433 g/mol. The number of ketones is 1. The molecule has 32 heavy (non-hydrogen) atoms. The Morgan fingerprint density at radius 1 is 0.969 bits per heavy atom. The molecule has 3 aliphatic rings. The highest BCUT2D eigenvalue weighted by Gasteiger charge is 2.56. The molecule has 168 valence electrons. The molecule has 3 aliphatic carbocycles. The molecule has 5 rings (SSSR count). The van der Waals surface area contributed by atoms with Crippen molar-refractivity contribution < 1.29 is 19.0 Å². The van der Waals surface area contributed by atoms with Crippen molar-refractivity contribution in [2.45, 2.75) is 44.9 Å². The van der Waals surface area contributed by atoms with E-state index in [-0.39, 0.29) is 5.41 Å². The zero-order chi connectivity index (χ0) is 22.5. The first-order valence-corrected chi connectivity index (χ1v) is 11.6. The molecule has 0 heterocycles. The summed E-state index contributed by atoms with van der Waals surface area (Å²) in [5.41, 5.74) is 4.62. The lowest BCUT2D eigenvalue weighted by atomic mass is 9.55. The molecular formula is C28H32O4. The quantitative estimate of drug-likeness (QED) is 0.570. The number of rotatable bonds is 4. The van der Waals surface area contributed by atoms with Crippen LogP contribution in [0.1, 0.15) is 55.2 Å². The van der Waals surface area contributed by atoms with Crippen LogP contribution >= 0.6 is 0 Å². The van der Waals surface area contributed by atoms with Gasteiger partial charge in [0, 0.05) is 5.41 Å². The number of Topliss-reactive ketones (excluding diaryl/α,β-unsaturated/α-hetero) is 1. The fourth-order valence-corrected chi connectivity index (χ4v) is 6.63. The predicted molar refractivity (Wildman–Crippen MR) is 126 cm³/mol. The summed E-state index contributed by atoms with van der Waals surface area (Å²) in [4.78, 5) is 13.6. The normalized spacial score (nSPS) is 29.8. The Kier molecular flexibility index (Phi) is 5.27. The van der Waals surface area contributed by atoms with E-state index in [2.05, 4.69) is 31.2 Å². The van der Waals surface area contributed by atoms with E-state index in [4.69, 9.17) is 14.2 Å². The summed E-state index contributed by atoms with van der Waals surface area (Å²) in [6.07, 6.45) is 7.23. The molecule has 4 atom stereocenters. The van der Waals surface area contributed by atoms with Crippen molar-refractivity contribution >= 4 is 11.9 Å². The number of fused-ring (bicyclic) bond motifs is 5. The van der Waals surface area contributed by atoms with Gasteiger partial charge in [0.1, 0.15) is 5.75 Å². The maximum atomic E-state index is 13.6. The molecule has 2 saturated carbocycles. The lowest BCUT2D eigenvalue weighted by molar-refractivity contribution is -0.127. The number of hydrogen-bond acceptors (Lipinski definition) is 4. The highest BCUT2D eigenvalue weighted by molar-refractivity contribution is 6.06. The van der Waals surface area contributed by atoms with E-state index in [0.717, 1.165) is 49.0 Å². The minimum Gasteiger partial charge on any atom is -0.497 e. The van der Waals surface area contributed by atoms with Crippen LogP contribution in [-0.4, -0.2) is 27.1 Å². The van der Waals surface area contributed by atoms with Gasteiger partial charge >= 0.3 is 0 Å². The van der Waals surface area contributed by atoms with Gasteiger partial charge in [-0.05, 0) is 102 Å². The molecule has 0 spiro atoms. The van der Waals surface area contributed by atoms with Gasteiger partial charge in [-0.25, -0.2) is 0 Å². The largest absolute Gasteiger partial charge is 0.497 e. The summed E-state index contributed by atoms with van der Waals surface area (Å²) in [7, 11) is 5.01. The van der Waals surface area contributed by atoms with E-state index in [9.17, 15) is 4.79 Å². The van der Waals surface area contributed by atoms with Crippen LogP contribution in [0.4, 0.5) is 0 Å². The van der Waals surface area contributed by atoms with Gasteiger partial charge in [-0.3, -0.25) is 4.79 Å². The molecule has 2 fully saturated rings. The zero-order valence-corrected chi connectivity index (χ0v) is 19.4. The molecule has 0 radical (unpaired) electrons. The lowest BCUT2D eigenvalue weighted by Crippen LogP contribution is -2.42. The molecule has 4 nitrogen and oxygen atoms in total. The van der Waals surface area contributed by atoms with Crippen LogP contribution in [0.3, 0.4) is 0 Å². The Morgan fingerprint density at radius 3 is 2.53 bits per heavy atom. The molecule has 0 amide bonds. The van der Waals surface area contributed by atoms with E-state index in [1.54, 1.807) is 21.3 Å². The molecule has 0 bridgehead atoms. The Morgan fingerprint density at radius 2 is 1.78 bits per heavy atom. The van der Waals surface area contributed by atoms with E-state index in [0.29, 0.717) is 35.0 Å². The topological polar surface area (TPSA) is 44.8 Å². The molecule has 2 aromatic carbocycles. The van der Waals surface area contributed by atoms with Gasteiger partial charge in [0.05, 0.1) is 21.3 Å². The van der Waals surface area contributed by atoms with Crippen LogP contribution in [0.15, 0.2) is 42.0 Å². The standard InChI is InChI=1S/C28H32O4/c1-28-12-11-22-21-9-7-20(30-2)15-18(21)6-8-23(22)24(28)16-19(27(28)29)13-17-5-10-25(31-3)26(14-17)32-4/h5,7,9-10,13-15,22-24H,6,8,11-12,16H2,1-4H3/b19-13+/t22-,23-,24-,28+/m0/s1. The summed E-state index contributed by atoms with van der Waals surface area (Å²) in [6.45, 7) is 2.22. The molecule has 0 unspecified atom stereocenters. The first-order valence-electron chi connectivity index (χ1n) is 11.6. The van der Waals surface area contributed by atoms with Gasteiger partial charge in [0.2, 0.25) is 0 Å². The molecular weight excluding hydrogens is 400 g/mol. The predicted octanol–water partition coefficient (Wildman–Crippen LogP) is 5.83. The van der Waals surface area contributed by atoms with Crippen molar-refractivity contribution in [2.24, 2.45) is 17.3 Å². The first-order chi connectivity index (χ1) is 15.5. The molecule has 2 aromatic rings. The smallest absolute Gasteiger partial charge is 0.165 e. The van der Waals surface area contributed by atoms with Crippen molar-refractivity contribution in [3.8, 4) is 17.2 Å². The second-order valence-electron chi connectivity index (χ2n) is 9.75. The number of carbonyl (C=O) groups is 1. The third-order valence-electron chi connectivity index (χ3n) is 8.32. The summed E-state index contributed by atoms with van der Waals surface area (Å²) in [6, 6.07) is 12.4. The summed E-state index contributed by atoms with van der Waals surface area (Å²) in [5, 5.41) is 0. The van der Waals surface area contributed by atoms with Crippen molar-refractivity contribution in [3.63, 3.8) is 0 Å². The Labute approximate surface area is 190 Å². The van der Waals surface area contributed by atoms with Crippen molar-refractivity contribution in [2.75, 3.05) is 21.3 Å². The molecule has 0 saturated heterocycles. The SMILES string of the molecule is COc1ccc2c(c1)CC[C@H]1[C@H]2CC[C@@]2(C)C(=O)/C(=C/c3ccc(OC)c(OC)c3)C[C@@H]12. The van der Waals surface area contributed by atoms with Gasteiger partial charge < -0.3 is 14.2 Å². The van der Waals surface area contributed by atoms with Crippen LogP contribution in [0.5, 0.6) is 17.2 Å². The zero-order valence-electron chi connectivity index (χ0n) is 19.4. The molecule has 0 aromatic heterocycles. The van der Waals surface area contributed by atoms with Crippen LogP contribution in [0, 0.1) is 17.3 Å². The van der Waals surface area contributed by atoms with Gasteiger partial charge in [-0.2, -0.15) is 0 Å². The highest BCUT2D eigenvalue weighted by Crippen LogP contribution is 2.61. The molecule has 4 heteroatoms. The Hall–Kier alpha value is -2.75. The number of ether oxygens (including phenoxy) is 3. The minimum absolute atomic E-state index is 0.243. The number of benzene rings is 2. The highest BCUT2D eigenvalue weighted by atomic mass is 16.5. The number of methoxy groups -OCH3 is 3. The second kappa shape index (κ2) is 7.99. The fraction of sp³-hybridized carbons (Fsp3) is 0.464. The van der Waals surface area contributed by atoms with E-state index >= 15 is 0 Å². The second-order valence-corrected chi connectivity index (χ2v) is 9.75. The maximum absolute atomic E-state index is 13.6. The summed E-state index contributed by atoms with van der Waals surface area (Å²) < 4.78 is 16.3. The summed E-state index contributed by atoms with van der Waals surface area (Å²) >= 11 is 0. The van der Waals surface area contributed by atoms with Gasteiger partial charge in [0.15, 0.2) is 17.3 Å². The van der Waals surface area contributed by atoms with Crippen LogP contribution < -0.4 is 14.2 Å². The Balaban J connectivity index is 1.45. The third-order valence-corrected chi connectivity index (χ3v) is 8.32. The van der Waals surface area contributed by atoms with Gasteiger partial charge in [-0.1, -0.05) is 19.1 Å². The monoisotopic (exact) mass is 432 g/mol. The number of hydrogen-bond donors (Lipinski definition) is 0. The minimum atomic E-state index is -0.243. The van der Waals surface area contributed by atoms with E-state index < -0.39 is 0 Å². The van der Waals surface area contributed by atoms with E-state index in [1.165, 1.54) is 11.1 Å². The molecule has 0 N–H and O–H groups in total. The van der Waals surface area contributed by atoms with Crippen molar-refractivity contribution in [1.82, 2.24) is 0 Å².